The first-order chi connectivity index (χ1) is 8.15. The Morgan fingerprint density at radius 2 is 2.29 bits per heavy atom. The van der Waals surface area contributed by atoms with E-state index in [9.17, 15) is 14.0 Å². The molecule has 0 bridgehead atoms. The number of ketones is 1. The van der Waals surface area contributed by atoms with E-state index in [1.54, 1.807) is 13.0 Å². The lowest BCUT2D eigenvalue weighted by Gasteiger charge is -2.23. The van der Waals surface area contributed by atoms with E-state index in [1.807, 2.05) is 0 Å². The summed E-state index contributed by atoms with van der Waals surface area (Å²) in [4.78, 5) is 23.4. The molecule has 1 aromatic carbocycles. The number of Topliss-reactive ketones (excluding diaryl/α,β-unsaturated/α-hetero) is 1. The number of halogens is 1. The Hall–Kier alpha value is -1.71. The molecule has 3 nitrogen and oxygen atoms in total. The second-order valence-corrected chi connectivity index (χ2v) is 3.97. The van der Waals surface area contributed by atoms with Crippen molar-refractivity contribution < 1.29 is 18.7 Å². The Kier molecular flexibility index (Phi) is 3.22. The molecule has 17 heavy (non-hydrogen) atoms. The molecule has 1 unspecified atom stereocenters. The first kappa shape index (κ1) is 11.8. The number of hydrogen-bond donors (Lipinski definition) is 0. The first-order valence-corrected chi connectivity index (χ1v) is 5.63. The van der Waals surface area contributed by atoms with Crippen LogP contribution in [-0.4, -0.2) is 18.4 Å². The maximum absolute atomic E-state index is 13.7. The average molecular weight is 236 g/mol. The Bertz CT molecular complexity index is 468. The number of rotatable bonds is 2. The van der Waals surface area contributed by atoms with Crippen molar-refractivity contribution in [3.05, 3.63) is 35.1 Å². The van der Waals surface area contributed by atoms with Gasteiger partial charge in [-0.2, -0.15) is 0 Å². The van der Waals surface area contributed by atoms with Gasteiger partial charge in [0.25, 0.3) is 0 Å². The first-order valence-electron chi connectivity index (χ1n) is 5.63. The third-order valence-electron chi connectivity index (χ3n) is 2.93. The van der Waals surface area contributed by atoms with Crippen LogP contribution in [0.5, 0.6) is 0 Å². The molecule has 2 rings (SSSR count). The lowest BCUT2D eigenvalue weighted by molar-refractivity contribution is -0.145. The van der Waals surface area contributed by atoms with Crippen LogP contribution in [-0.2, 0) is 9.53 Å². The zero-order valence-corrected chi connectivity index (χ0v) is 9.53. The maximum Gasteiger partial charge on any atom is 0.313 e. The number of esters is 1. The van der Waals surface area contributed by atoms with Gasteiger partial charge in [0, 0.05) is 17.5 Å². The summed E-state index contributed by atoms with van der Waals surface area (Å²) in [6.07, 6.45) is 0.589. The van der Waals surface area contributed by atoms with Gasteiger partial charge in [0.15, 0.2) is 5.78 Å². The molecular formula is C13H13FO3. The normalized spacial score (nSPS) is 18.7. The Balaban J connectivity index is 2.44. The van der Waals surface area contributed by atoms with Crippen LogP contribution in [0.15, 0.2) is 18.2 Å². The highest BCUT2D eigenvalue weighted by atomic mass is 19.1. The molecule has 90 valence electrons. The molecule has 1 aliphatic rings. The molecule has 0 radical (unpaired) electrons. The van der Waals surface area contributed by atoms with Crippen molar-refractivity contribution in [3.8, 4) is 0 Å². The minimum absolute atomic E-state index is 0.111. The number of carbonyl (C=O) groups is 2. The van der Waals surface area contributed by atoms with Gasteiger partial charge in [0.1, 0.15) is 5.82 Å². The van der Waals surface area contributed by atoms with Crippen molar-refractivity contribution >= 4 is 11.8 Å². The van der Waals surface area contributed by atoms with Gasteiger partial charge < -0.3 is 4.74 Å². The van der Waals surface area contributed by atoms with Crippen LogP contribution in [0.25, 0.3) is 0 Å². The van der Waals surface area contributed by atoms with Crippen LogP contribution >= 0.6 is 0 Å². The molecule has 0 saturated carbocycles. The highest BCUT2D eigenvalue weighted by Gasteiger charge is 2.33. The van der Waals surface area contributed by atoms with Gasteiger partial charge in [-0.1, -0.05) is 12.1 Å². The molecule has 0 saturated heterocycles. The molecule has 0 heterocycles. The summed E-state index contributed by atoms with van der Waals surface area (Å²) in [5, 5.41) is 0. The number of hydrogen-bond acceptors (Lipinski definition) is 3. The van der Waals surface area contributed by atoms with Crippen LogP contribution in [0.4, 0.5) is 4.39 Å². The van der Waals surface area contributed by atoms with Crippen LogP contribution in [0.2, 0.25) is 0 Å². The van der Waals surface area contributed by atoms with Gasteiger partial charge in [-0.15, -0.1) is 0 Å². The van der Waals surface area contributed by atoms with E-state index in [2.05, 4.69) is 0 Å². The minimum atomic E-state index is -0.649. The van der Waals surface area contributed by atoms with Gasteiger partial charge in [0.05, 0.1) is 12.5 Å². The van der Waals surface area contributed by atoms with Crippen molar-refractivity contribution in [1.29, 1.82) is 0 Å². The van der Waals surface area contributed by atoms with E-state index in [1.165, 1.54) is 12.1 Å². The molecule has 0 N–H and O–H groups in total. The zero-order chi connectivity index (χ0) is 12.4. The molecule has 0 amide bonds. The van der Waals surface area contributed by atoms with E-state index in [0.717, 1.165) is 0 Å². The monoisotopic (exact) mass is 236 g/mol. The highest BCUT2D eigenvalue weighted by molar-refractivity contribution is 6.01. The second kappa shape index (κ2) is 4.65. The van der Waals surface area contributed by atoms with E-state index >= 15 is 0 Å². The molecular weight excluding hydrogens is 223 g/mol. The average Bonchev–Trinajstić information content (AvgIpc) is 2.31. The largest absolute Gasteiger partial charge is 0.466 e. The van der Waals surface area contributed by atoms with Crippen molar-refractivity contribution in [2.24, 2.45) is 0 Å². The topological polar surface area (TPSA) is 43.4 Å². The van der Waals surface area contributed by atoms with Crippen molar-refractivity contribution in [3.63, 3.8) is 0 Å². The number of carbonyl (C=O) groups excluding carboxylic acids is 2. The van der Waals surface area contributed by atoms with Gasteiger partial charge in [-0.05, 0) is 19.4 Å². The Morgan fingerprint density at radius 1 is 1.53 bits per heavy atom. The lowest BCUT2D eigenvalue weighted by Crippen LogP contribution is -2.25. The van der Waals surface area contributed by atoms with Crippen molar-refractivity contribution in [2.45, 2.75) is 25.7 Å². The van der Waals surface area contributed by atoms with Gasteiger partial charge in [0.2, 0.25) is 0 Å². The van der Waals surface area contributed by atoms with E-state index in [0.29, 0.717) is 12.0 Å². The van der Waals surface area contributed by atoms with E-state index in [4.69, 9.17) is 4.74 Å². The number of ether oxygens (including phenoxy) is 1. The molecule has 1 aromatic rings. The van der Waals surface area contributed by atoms with Gasteiger partial charge in [-0.25, -0.2) is 4.39 Å². The Labute approximate surface area is 98.6 Å². The van der Waals surface area contributed by atoms with Crippen LogP contribution in [0.1, 0.15) is 41.6 Å². The van der Waals surface area contributed by atoms with Gasteiger partial charge in [-0.3, -0.25) is 9.59 Å². The molecule has 0 spiro atoms. The SMILES string of the molecule is CCOC(=O)C1CCC(=O)c2cccc(F)c21. The third-order valence-corrected chi connectivity index (χ3v) is 2.93. The predicted octanol–water partition coefficient (Wildman–Crippen LogP) is 2.45. The molecule has 0 aromatic heterocycles. The molecule has 1 aliphatic carbocycles. The fraction of sp³-hybridized carbons (Fsp3) is 0.385. The molecule has 4 heteroatoms. The highest BCUT2D eigenvalue weighted by Crippen LogP contribution is 2.34. The predicted molar refractivity (Wildman–Crippen MR) is 59.3 cm³/mol. The standard InChI is InChI=1S/C13H13FO3/c1-2-17-13(16)9-6-7-11(15)8-4-3-5-10(14)12(8)9/h3-5,9H,2,6-7H2,1H3. The molecule has 0 aliphatic heterocycles. The third kappa shape index (κ3) is 2.07. The van der Waals surface area contributed by atoms with Crippen LogP contribution in [0, 0.1) is 5.82 Å². The van der Waals surface area contributed by atoms with E-state index < -0.39 is 17.7 Å². The summed E-state index contributed by atoms with van der Waals surface area (Å²) in [6.45, 7) is 1.96. The smallest absolute Gasteiger partial charge is 0.313 e. The summed E-state index contributed by atoms with van der Waals surface area (Å²) >= 11 is 0. The molecule has 1 atom stereocenters. The summed E-state index contributed by atoms with van der Waals surface area (Å²) in [7, 11) is 0. The Morgan fingerprint density at radius 3 is 3.00 bits per heavy atom. The van der Waals surface area contributed by atoms with Gasteiger partial charge >= 0.3 is 5.97 Å². The second-order valence-electron chi connectivity index (χ2n) is 3.97. The summed E-state index contributed by atoms with van der Waals surface area (Å²) in [6, 6.07) is 4.31. The zero-order valence-electron chi connectivity index (χ0n) is 9.53. The van der Waals surface area contributed by atoms with E-state index in [-0.39, 0.29) is 24.4 Å². The summed E-state index contributed by atoms with van der Waals surface area (Å²) in [5.74, 6) is -1.72. The fourth-order valence-corrected chi connectivity index (χ4v) is 2.17. The van der Waals surface area contributed by atoms with Crippen molar-refractivity contribution in [2.75, 3.05) is 6.61 Å². The maximum atomic E-state index is 13.7. The quantitative estimate of drug-likeness (QED) is 0.741. The van der Waals surface area contributed by atoms with Crippen LogP contribution < -0.4 is 0 Å². The minimum Gasteiger partial charge on any atom is -0.466 e. The fourth-order valence-electron chi connectivity index (χ4n) is 2.17. The van der Waals surface area contributed by atoms with Crippen LogP contribution in [0.3, 0.4) is 0 Å². The summed E-state index contributed by atoms with van der Waals surface area (Å²) < 4.78 is 18.6. The summed E-state index contributed by atoms with van der Waals surface area (Å²) in [5.41, 5.74) is 0.511. The number of benzene rings is 1. The van der Waals surface area contributed by atoms with Crippen molar-refractivity contribution in [1.82, 2.24) is 0 Å². The lowest BCUT2D eigenvalue weighted by atomic mass is 9.82. The number of fused-ring (bicyclic) bond motifs is 1. The molecule has 0 fully saturated rings.